The van der Waals surface area contributed by atoms with Crippen LogP contribution in [0.3, 0.4) is 0 Å². The van der Waals surface area contributed by atoms with Crippen molar-refractivity contribution >= 4 is 11.3 Å². The molecule has 0 unspecified atom stereocenters. The number of aryl methyl sites for hydroxylation is 1. The lowest BCUT2D eigenvalue weighted by Crippen LogP contribution is -2.37. The number of aromatic nitrogens is 2. The average molecular weight is 311 g/mol. The maximum absolute atomic E-state index is 13.8. The highest BCUT2D eigenvalue weighted by Gasteiger charge is 2.14. The van der Waals surface area contributed by atoms with Crippen LogP contribution in [-0.2, 0) is 6.42 Å². The minimum atomic E-state index is -0.603. The van der Waals surface area contributed by atoms with E-state index >= 15 is 0 Å². The molecular weight excluding hydrogens is 292 g/mol. The second-order valence-corrected chi connectivity index (χ2v) is 7.07. The van der Waals surface area contributed by atoms with Crippen molar-refractivity contribution in [1.29, 1.82) is 0 Å². The molecule has 1 aromatic heterocycles. The van der Waals surface area contributed by atoms with E-state index in [2.05, 4.69) is 36.3 Å². The third kappa shape index (κ3) is 4.28. The molecule has 2 rings (SSSR count). The summed E-state index contributed by atoms with van der Waals surface area (Å²) in [6, 6.07) is 2.37. The van der Waals surface area contributed by atoms with Gasteiger partial charge in [0.05, 0.1) is 0 Å². The van der Waals surface area contributed by atoms with E-state index < -0.39 is 11.6 Å². The van der Waals surface area contributed by atoms with Gasteiger partial charge in [0.1, 0.15) is 16.6 Å². The number of nitrogens with zero attached hydrogens (tertiary/aromatic N) is 2. The lowest BCUT2D eigenvalue weighted by atomic mass is 10.1. The smallest absolute Gasteiger partial charge is 0.150 e. The molecule has 0 amide bonds. The molecule has 0 radical (unpaired) electrons. The minimum absolute atomic E-state index is 0.0493. The van der Waals surface area contributed by atoms with Crippen molar-refractivity contribution in [1.82, 2.24) is 15.5 Å². The summed E-state index contributed by atoms with van der Waals surface area (Å²) in [5, 5.41) is 12.8. The Morgan fingerprint density at radius 3 is 2.52 bits per heavy atom. The molecule has 0 aliphatic rings. The first kappa shape index (κ1) is 16.0. The molecule has 0 aliphatic carbocycles. The quantitative estimate of drug-likeness (QED) is 0.935. The van der Waals surface area contributed by atoms with Gasteiger partial charge in [-0.25, -0.2) is 8.78 Å². The Morgan fingerprint density at radius 2 is 1.86 bits per heavy atom. The van der Waals surface area contributed by atoms with E-state index in [1.807, 2.05) is 0 Å². The van der Waals surface area contributed by atoms with Gasteiger partial charge in [0.15, 0.2) is 5.01 Å². The van der Waals surface area contributed by atoms with Crippen LogP contribution in [0.25, 0.3) is 10.6 Å². The van der Waals surface area contributed by atoms with Crippen molar-refractivity contribution in [3.63, 3.8) is 0 Å². The van der Waals surface area contributed by atoms with Gasteiger partial charge < -0.3 is 5.32 Å². The fraction of sp³-hybridized carbons (Fsp3) is 0.467. The van der Waals surface area contributed by atoms with Crippen LogP contribution in [0.5, 0.6) is 0 Å². The van der Waals surface area contributed by atoms with E-state index in [4.69, 9.17) is 0 Å². The molecule has 21 heavy (non-hydrogen) atoms. The third-order valence-corrected chi connectivity index (χ3v) is 3.96. The fourth-order valence-corrected chi connectivity index (χ4v) is 2.69. The highest BCUT2D eigenvalue weighted by Crippen LogP contribution is 2.28. The van der Waals surface area contributed by atoms with Crippen molar-refractivity contribution in [2.45, 2.75) is 39.7 Å². The molecule has 0 atom stereocenters. The summed E-state index contributed by atoms with van der Waals surface area (Å²) in [4.78, 5) is 0. The van der Waals surface area contributed by atoms with Crippen molar-refractivity contribution in [2.75, 3.05) is 6.54 Å². The molecule has 2 aromatic rings. The number of rotatable bonds is 4. The number of benzene rings is 1. The summed E-state index contributed by atoms with van der Waals surface area (Å²) in [7, 11) is 0. The van der Waals surface area contributed by atoms with E-state index in [1.54, 1.807) is 6.92 Å². The monoisotopic (exact) mass is 311 g/mol. The highest BCUT2D eigenvalue weighted by atomic mass is 32.1. The standard InChI is InChI=1S/C15H19F2N3S/c1-9-7-10(12(17)8-11(9)16)14-20-19-13(21-14)5-6-18-15(2,3)4/h7-8,18H,5-6H2,1-4H3. The molecule has 0 saturated heterocycles. The zero-order valence-electron chi connectivity index (χ0n) is 12.6. The molecule has 6 heteroatoms. The second kappa shape index (κ2) is 6.15. The van der Waals surface area contributed by atoms with Gasteiger partial charge in [-0.15, -0.1) is 10.2 Å². The topological polar surface area (TPSA) is 37.8 Å². The third-order valence-electron chi connectivity index (χ3n) is 2.94. The summed E-state index contributed by atoms with van der Waals surface area (Å²) >= 11 is 1.34. The summed E-state index contributed by atoms with van der Waals surface area (Å²) in [6.45, 7) is 8.66. The second-order valence-electron chi connectivity index (χ2n) is 6.01. The molecule has 1 aromatic carbocycles. The summed E-state index contributed by atoms with van der Waals surface area (Å²) in [5.74, 6) is -1.15. The van der Waals surface area contributed by atoms with Crippen LogP contribution in [-0.4, -0.2) is 22.3 Å². The van der Waals surface area contributed by atoms with Crippen molar-refractivity contribution in [3.05, 3.63) is 34.3 Å². The van der Waals surface area contributed by atoms with Crippen molar-refractivity contribution in [2.24, 2.45) is 0 Å². The van der Waals surface area contributed by atoms with Crippen LogP contribution in [0.1, 0.15) is 31.3 Å². The van der Waals surface area contributed by atoms with Gasteiger partial charge in [0, 0.05) is 30.1 Å². The predicted octanol–water partition coefficient (Wildman–Crippen LogP) is 3.72. The van der Waals surface area contributed by atoms with E-state index in [-0.39, 0.29) is 5.54 Å². The molecule has 1 heterocycles. The van der Waals surface area contributed by atoms with Crippen LogP contribution >= 0.6 is 11.3 Å². The zero-order chi connectivity index (χ0) is 15.6. The van der Waals surface area contributed by atoms with Gasteiger partial charge in [-0.3, -0.25) is 0 Å². The maximum Gasteiger partial charge on any atom is 0.150 e. The van der Waals surface area contributed by atoms with Crippen LogP contribution in [0.15, 0.2) is 12.1 Å². The van der Waals surface area contributed by atoms with Crippen LogP contribution in [0.2, 0.25) is 0 Å². The van der Waals surface area contributed by atoms with E-state index in [1.165, 1.54) is 17.4 Å². The number of halogens is 2. The van der Waals surface area contributed by atoms with E-state index in [9.17, 15) is 8.78 Å². The number of nitrogens with one attached hydrogen (secondary N) is 1. The fourth-order valence-electron chi connectivity index (χ4n) is 1.83. The van der Waals surface area contributed by atoms with Gasteiger partial charge in [-0.2, -0.15) is 0 Å². The van der Waals surface area contributed by atoms with Crippen LogP contribution in [0.4, 0.5) is 8.78 Å². The molecule has 114 valence electrons. The van der Waals surface area contributed by atoms with E-state index in [0.717, 1.165) is 24.0 Å². The Hall–Kier alpha value is -1.40. The first-order chi connectivity index (χ1) is 9.76. The summed E-state index contributed by atoms with van der Waals surface area (Å²) in [5.41, 5.74) is 0.757. The zero-order valence-corrected chi connectivity index (χ0v) is 13.4. The molecule has 0 spiro atoms. The SMILES string of the molecule is Cc1cc(-c2nnc(CCNC(C)(C)C)s2)c(F)cc1F. The molecule has 0 saturated carbocycles. The predicted molar refractivity (Wildman–Crippen MR) is 81.5 cm³/mol. The molecule has 1 N–H and O–H groups in total. The summed E-state index contributed by atoms with van der Waals surface area (Å²) in [6.07, 6.45) is 0.733. The lowest BCUT2D eigenvalue weighted by molar-refractivity contribution is 0.429. The minimum Gasteiger partial charge on any atom is -0.312 e. The Kier molecular flexibility index (Phi) is 4.68. The Labute approximate surface area is 127 Å². The van der Waals surface area contributed by atoms with Gasteiger partial charge >= 0.3 is 0 Å². The number of hydrogen-bond donors (Lipinski definition) is 1. The first-order valence-corrected chi connectivity index (χ1v) is 7.61. The Bertz CT molecular complexity index is 632. The molecule has 0 aliphatic heterocycles. The number of hydrogen-bond acceptors (Lipinski definition) is 4. The van der Waals surface area contributed by atoms with Gasteiger partial charge in [-0.1, -0.05) is 11.3 Å². The van der Waals surface area contributed by atoms with Gasteiger partial charge in [-0.05, 0) is 39.3 Å². The van der Waals surface area contributed by atoms with E-state index in [0.29, 0.717) is 16.1 Å². The normalized spacial score (nSPS) is 11.9. The molecular formula is C15H19F2N3S. The summed E-state index contributed by atoms with van der Waals surface area (Å²) < 4.78 is 27.1. The van der Waals surface area contributed by atoms with Crippen molar-refractivity contribution < 1.29 is 8.78 Å². The molecule has 0 fully saturated rings. The van der Waals surface area contributed by atoms with Crippen LogP contribution in [0, 0.1) is 18.6 Å². The average Bonchev–Trinajstić information content (AvgIpc) is 2.81. The molecule has 3 nitrogen and oxygen atoms in total. The maximum atomic E-state index is 13.8. The van der Waals surface area contributed by atoms with Crippen molar-refractivity contribution in [3.8, 4) is 10.6 Å². The largest absolute Gasteiger partial charge is 0.312 e. The first-order valence-electron chi connectivity index (χ1n) is 6.80. The lowest BCUT2D eigenvalue weighted by Gasteiger charge is -2.19. The Balaban J connectivity index is 2.11. The Morgan fingerprint density at radius 1 is 1.14 bits per heavy atom. The van der Waals surface area contributed by atoms with Gasteiger partial charge in [0.25, 0.3) is 0 Å². The highest BCUT2D eigenvalue weighted by molar-refractivity contribution is 7.14. The molecule has 0 bridgehead atoms. The van der Waals surface area contributed by atoms with Gasteiger partial charge in [0.2, 0.25) is 0 Å². The van der Waals surface area contributed by atoms with Crippen LogP contribution < -0.4 is 5.32 Å².